The second-order valence-corrected chi connectivity index (χ2v) is 5.86. The largest absolute Gasteiger partial charge is 0.399 e. The highest BCUT2D eigenvalue weighted by atomic mass is 16.3. The van der Waals surface area contributed by atoms with Crippen LogP contribution in [0.2, 0.25) is 0 Å². The number of nitrogen functional groups attached to an aromatic ring is 1. The molecule has 1 aliphatic rings. The number of anilines is 2. The number of nitrogens with one attached hydrogen (secondary N) is 1. The van der Waals surface area contributed by atoms with Gasteiger partial charge in [0.15, 0.2) is 0 Å². The van der Waals surface area contributed by atoms with Gasteiger partial charge in [-0.2, -0.15) is 0 Å². The Bertz CT molecular complexity index is 490. The van der Waals surface area contributed by atoms with Gasteiger partial charge in [-0.25, -0.2) is 0 Å². The summed E-state index contributed by atoms with van der Waals surface area (Å²) < 4.78 is 0. The fourth-order valence-corrected chi connectivity index (χ4v) is 2.72. The van der Waals surface area contributed by atoms with Crippen molar-refractivity contribution in [2.75, 3.05) is 37.3 Å². The van der Waals surface area contributed by atoms with Gasteiger partial charge in [0.25, 0.3) is 0 Å². The van der Waals surface area contributed by atoms with Gasteiger partial charge >= 0.3 is 0 Å². The van der Waals surface area contributed by atoms with E-state index in [1.54, 1.807) is 6.07 Å². The van der Waals surface area contributed by atoms with Crippen molar-refractivity contribution in [3.8, 4) is 0 Å². The standard InChI is InChI=1S/C16H25N3O2/c1-12-4-5-14(17)9-15(12)18-16(21)3-2-7-19-8-6-13(10-19)11-20/h4-5,9,13,20H,2-3,6-8,10-11,17H2,1H3,(H,18,21). The summed E-state index contributed by atoms with van der Waals surface area (Å²) in [5.41, 5.74) is 8.20. The summed E-state index contributed by atoms with van der Waals surface area (Å²) in [5, 5.41) is 12.0. The van der Waals surface area contributed by atoms with Gasteiger partial charge in [0.1, 0.15) is 0 Å². The van der Waals surface area contributed by atoms with Crippen LogP contribution in [-0.2, 0) is 4.79 Å². The van der Waals surface area contributed by atoms with Gasteiger partial charge < -0.3 is 21.1 Å². The monoisotopic (exact) mass is 291 g/mol. The van der Waals surface area contributed by atoms with Crippen molar-refractivity contribution in [1.29, 1.82) is 0 Å². The summed E-state index contributed by atoms with van der Waals surface area (Å²) in [4.78, 5) is 14.3. The highest BCUT2D eigenvalue weighted by Crippen LogP contribution is 2.19. The molecule has 0 radical (unpaired) electrons. The summed E-state index contributed by atoms with van der Waals surface area (Å²) in [5.74, 6) is 0.440. The molecule has 1 aromatic rings. The van der Waals surface area contributed by atoms with Gasteiger partial charge in [-0.3, -0.25) is 4.79 Å². The zero-order valence-corrected chi connectivity index (χ0v) is 12.6. The molecule has 1 aromatic carbocycles. The molecule has 5 heteroatoms. The van der Waals surface area contributed by atoms with E-state index in [4.69, 9.17) is 10.8 Å². The second kappa shape index (κ2) is 7.43. The summed E-state index contributed by atoms with van der Waals surface area (Å²) in [6.07, 6.45) is 2.41. The first kappa shape index (κ1) is 15.8. The molecule has 1 amide bonds. The zero-order chi connectivity index (χ0) is 15.2. The third-order valence-electron chi connectivity index (χ3n) is 4.04. The Morgan fingerprint density at radius 1 is 1.52 bits per heavy atom. The molecule has 4 N–H and O–H groups in total. The quantitative estimate of drug-likeness (QED) is 0.696. The lowest BCUT2D eigenvalue weighted by molar-refractivity contribution is -0.116. The van der Waals surface area contributed by atoms with Gasteiger partial charge in [-0.05, 0) is 56.5 Å². The number of rotatable bonds is 6. The van der Waals surface area contributed by atoms with Crippen molar-refractivity contribution in [1.82, 2.24) is 4.90 Å². The molecule has 1 saturated heterocycles. The van der Waals surface area contributed by atoms with E-state index in [0.717, 1.165) is 43.7 Å². The molecule has 116 valence electrons. The molecule has 1 unspecified atom stereocenters. The van der Waals surface area contributed by atoms with Gasteiger partial charge in [0, 0.05) is 30.9 Å². The van der Waals surface area contributed by atoms with Crippen molar-refractivity contribution in [3.05, 3.63) is 23.8 Å². The lowest BCUT2D eigenvalue weighted by atomic mass is 10.1. The lowest BCUT2D eigenvalue weighted by Gasteiger charge is -2.15. The maximum atomic E-state index is 12.0. The summed E-state index contributed by atoms with van der Waals surface area (Å²) in [6, 6.07) is 5.53. The van der Waals surface area contributed by atoms with E-state index in [1.165, 1.54) is 0 Å². The van der Waals surface area contributed by atoms with Crippen molar-refractivity contribution >= 4 is 17.3 Å². The number of carbonyl (C=O) groups is 1. The normalized spacial score (nSPS) is 18.9. The Morgan fingerprint density at radius 2 is 2.33 bits per heavy atom. The minimum absolute atomic E-state index is 0.0293. The Hall–Kier alpha value is -1.59. The number of amides is 1. The number of hydrogen-bond donors (Lipinski definition) is 3. The molecule has 0 aliphatic carbocycles. The molecule has 2 rings (SSSR count). The van der Waals surface area contributed by atoms with E-state index in [1.807, 2.05) is 19.1 Å². The van der Waals surface area contributed by atoms with Gasteiger partial charge in [0.05, 0.1) is 0 Å². The van der Waals surface area contributed by atoms with E-state index in [-0.39, 0.29) is 12.5 Å². The first-order valence-corrected chi connectivity index (χ1v) is 7.57. The highest BCUT2D eigenvalue weighted by Gasteiger charge is 2.21. The summed E-state index contributed by atoms with van der Waals surface area (Å²) in [6.45, 7) is 5.12. The molecule has 0 bridgehead atoms. The number of hydrogen-bond acceptors (Lipinski definition) is 4. The van der Waals surface area contributed by atoms with E-state index in [2.05, 4.69) is 10.2 Å². The van der Waals surface area contributed by atoms with Crippen LogP contribution in [0.5, 0.6) is 0 Å². The average molecular weight is 291 g/mol. The molecule has 1 heterocycles. The highest BCUT2D eigenvalue weighted by molar-refractivity contribution is 5.91. The van der Waals surface area contributed by atoms with Crippen LogP contribution in [0.4, 0.5) is 11.4 Å². The molecule has 21 heavy (non-hydrogen) atoms. The molecule has 0 aromatic heterocycles. The van der Waals surface area contributed by atoms with Crippen molar-refractivity contribution in [2.24, 2.45) is 5.92 Å². The van der Waals surface area contributed by atoms with Gasteiger partial charge in [-0.15, -0.1) is 0 Å². The van der Waals surface area contributed by atoms with Crippen LogP contribution in [-0.4, -0.2) is 42.2 Å². The minimum atomic E-state index is 0.0293. The number of likely N-dealkylation sites (tertiary alicyclic amines) is 1. The van der Waals surface area contributed by atoms with Crippen LogP contribution in [0.15, 0.2) is 18.2 Å². The number of aliphatic hydroxyl groups is 1. The maximum absolute atomic E-state index is 12.0. The number of carbonyl (C=O) groups excluding carboxylic acids is 1. The van der Waals surface area contributed by atoms with Crippen LogP contribution in [0.3, 0.4) is 0 Å². The molecule has 1 fully saturated rings. The van der Waals surface area contributed by atoms with E-state index < -0.39 is 0 Å². The van der Waals surface area contributed by atoms with Crippen LogP contribution in [0.1, 0.15) is 24.8 Å². The van der Waals surface area contributed by atoms with E-state index in [9.17, 15) is 4.79 Å². The van der Waals surface area contributed by atoms with Crippen molar-refractivity contribution in [3.63, 3.8) is 0 Å². The predicted octanol–water partition coefficient (Wildman–Crippen LogP) is 1.61. The molecule has 0 spiro atoms. The van der Waals surface area contributed by atoms with Crippen LogP contribution >= 0.6 is 0 Å². The molecular weight excluding hydrogens is 266 g/mol. The SMILES string of the molecule is Cc1ccc(N)cc1NC(=O)CCCN1CCC(CO)C1. The number of aryl methyl sites for hydroxylation is 1. The van der Waals surface area contributed by atoms with Crippen LogP contribution in [0.25, 0.3) is 0 Å². The Morgan fingerprint density at radius 3 is 3.05 bits per heavy atom. The molecule has 0 saturated carbocycles. The zero-order valence-electron chi connectivity index (χ0n) is 12.6. The summed E-state index contributed by atoms with van der Waals surface area (Å²) >= 11 is 0. The van der Waals surface area contributed by atoms with E-state index in [0.29, 0.717) is 18.0 Å². The topological polar surface area (TPSA) is 78.6 Å². The van der Waals surface area contributed by atoms with Crippen LogP contribution < -0.4 is 11.1 Å². The molecule has 5 nitrogen and oxygen atoms in total. The van der Waals surface area contributed by atoms with Crippen molar-refractivity contribution in [2.45, 2.75) is 26.2 Å². The number of nitrogens with zero attached hydrogens (tertiary/aromatic N) is 1. The molecule has 1 atom stereocenters. The maximum Gasteiger partial charge on any atom is 0.224 e. The van der Waals surface area contributed by atoms with Gasteiger partial charge in [-0.1, -0.05) is 6.07 Å². The number of benzene rings is 1. The van der Waals surface area contributed by atoms with E-state index >= 15 is 0 Å². The fourth-order valence-electron chi connectivity index (χ4n) is 2.72. The summed E-state index contributed by atoms with van der Waals surface area (Å²) in [7, 11) is 0. The predicted molar refractivity (Wildman–Crippen MR) is 85.1 cm³/mol. The number of nitrogens with two attached hydrogens (primary N) is 1. The first-order chi connectivity index (χ1) is 10.1. The van der Waals surface area contributed by atoms with Crippen LogP contribution in [0, 0.1) is 12.8 Å². The third-order valence-corrected chi connectivity index (χ3v) is 4.04. The average Bonchev–Trinajstić information content (AvgIpc) is 2.91. The molecular formula is C16H25N3O2. The minimum Gasteiger partial charge on any atom is -0.399 e. The van der Waals surface area contributed by atoms with Gasteiger partial charge in [0.2, 0.25) is 5.91 Å². The number of aliphatic hydroxyl groups excluding tert-OH is 1. The fraction of sp³-hybridized carbons (Fsp3) is 0.562. The first-order valence-electron chi connectivity index (χ1n) is 7.57. The second-order valence-electron chi connectivity index (χ2n) is 5.86. The Kier molecular flexibility index (Phi) is 5.59. The Labute approximate surface area is 126 Å². The molecule has 1 aliphatic heterocycles. The Balaban J connectivity index is 1.71. The third kappa shape index (κ3) is 4.72. The van der Waals surface area contributed by atoms with Crippen molar-refractivity contribution < 1.29 is 9.90 Å². The lowest BCUT2D eigenvalue weighted by Crippen LogP contribution is -2.24. The smallest absolute Gasteiger partial charge is 0.224 e.